The van der Waals surface area contributed by atoms with Crippen molar-refractivity contribution in [2.45, 2.75) is 13.5 Å². The van der Waals surface area contributed by atoms with Crippen molar-refractivity contribution in [3.63, 3.8) is 0 Å². The third kappa shape index (κ3) is 2.87. The van der Waals surface area contributed by atoms with Crippen LogP contribution in [0, 0.1) is 5.92 Å². The van der Waals surface area contributed by atoms with Crippen LogP contribution in [0.2, 0.25) is 0 Å². The molecular formula is C14H20N2OS. The fraction of sp³-hybridized carbons (Fsp3) is 0.500. The molecule has 0 radical (unpaired) electrons. The van der Waals surface area contributed by atoms with Crippen LogP contribution in [0.1, 0.15) is 12.5 Å². The van der Waals surface area contributed by atoms with Crippen LogP contribution >= 0.6 is 11.8 Å². The first-order chi connectivity index (χ1) is 8.74. The largest absolute Gasteiger partial charge is 0.311 e. The molecule has 1 N–H and O–H groups in total. The van der Waals surface area contributed by atoms with E-state index in [1.165, 1.54) is 5.56 Å². The van der Waals surface area contributed by atoms with Crippen LogP contribution in [0.15, 0.2) is 24.3 Å². The Morgan fingerprint density at radius 3 is 3.06 bits per heavy atom. The minimum Gasteiger partial charge on any atom is -0.311 e. The summed E-state index contributed by atoms with van der Waals surface area (Å²) in [5.74, 6) is 1.19. The van der Waals surface area contributed by atoms with Crippen LogP contribution in [-0.2, 0) is 11.3 Å². The van der Waals surface area contributed by atoms with Gasteiger partial charge in [0, 0.05) is 37.0 Å². The molecule has 0 saturated carbocycles. The van der Waals surface area contributed by atoms with Crippen molar-refractivity contribution in [1.29, 1.82) is 0 Å². The summed E-state index contributed by atoms with van der Waals surface area (Å²) in [6, 6.07) is 8.17. The first-order valence-corrected chi connectivity index (χ1v) is 7.72. The monoisotopic (exact) mass is 264 g/mol. The van der Waals surface area contributed by atoms with Crippen LogP contribution in [0.3, 0.4) is 0 Å². The number of nitrogens with zero attached hydrogens (tertiary/aromatic N) is 1. The molecule has 0 aliphatic carbocycles. The molecule has 4 heteroatoms. The lowest BCUT2D eigenvalue weighted by atomic mass is 10.1. The summed E-state index contributed by atoms with van der Waals surface area (Å²) in [5, 5.41) is 3.36. The van der Waals surface area contributed by atoms with Gasteiger partial charge in [0.1, 0.15) is 0 Å². The molecule has 2 rings (SSSR count). The molecule has 1 heterocycles. The summed E-state index contributed by atoms with van der Waals surface area (Å²) in [7, 11) is 0. The highest BCUT2D eigenvalue weighted by atomic mass is 32.2. The number of amides is 1. The highest BCUT2D eigenvalue weighted by molar-refractivity contribution is 7.98. The van der Waals surface area contributed by atoms with Gasteiger partial charge in [-0.3, -0.25) is 4.79 Å². The second-order valence-corrected chi connectivity index (χ2v) is 5.56. The zero-order chi connectivity index (χ0) is 13.0. The lowest BCUT2D eigenvalue weighted by Crippen LogP contribution is -2.38. The molecule has 1 aliphatic rings. The van der Waals surface area contributed by atoms with Gasteiger partial charge in [-0.15, -0.1) is 0 Å². The molecule has 0 aromatic heterocycles. The van der Waals surface area contributed by atoms with E-state index in [4.69, 9.17) is 0 Å². The molecule has 3 nitrogen and oxygen atoms in total. The predicted molar refractivity (Wildman–Crippen MR) is 78.0 cm³/mol. The Balaban J connectivity index is 2.24. The van der Waals surface area contributed by atoms with Gasteiger partial charge in [-0.1, -0.05) is 25.1 Å². The first kappa shape index (κ1) is 13.4. The molecule has 98 valence electrons. The number of rotatable bonds is 3. The second-order valence-electron chi connectivity index (χ2n) is 4.65. The molecule has 1 atom stereocenters. The molecule has 0 bridgehead atoms. The van der Waals surface area contributed by atoms with Crippen molar-refractivity contribution < 1.29 is 4.79 Å². The Labute approximate surface area is 113 Å². The fourth-order valence-corrected chi connectivity index (χ4v) is 2.92. The zero-order valence-electron chi connectivity index (χ0n) is 11.0. The average molecular weight is 264 g/mol. The highest BCUT2D eigenvalue weighted by Gasteiger charge is 2.24. The van der Waals surface area contributed by atoms with Gasteiger partial charge < -0.3 is 10.2 Å². The second kappa shape index (κ2) is 6.25. The SMILES string of the molecule is CSCC(C)C(=O)N1CCNCc2ccccc21. The minimum absolute atomic E-state index is 0.0751. The molecule has 1 unspecified atom stereocenters. The van der Waals surface area contributed by atoms with E-state index in [0.29, 0.717) is 0 Å². The Morgan fingerprint density at radius 2 is 2.28 bits per heavy atom. The lowest BCUT2D eigenvalue weighted by Gasteiger charge is -2.25. The third-order valence-corrected chi connectivity index (χ3v) is 4.05. The zero-order valence-corrected chi connectivity index (χ0v) is 11.8. The number of thioether (sulfide) groups is 1. The van der Waals surface area contributed by atoms with Crippen LogP contribution < -0.4 is 10.2 Å². The number of benzene rings is 1. The summed E-state index contributed by atoms with van der Waals surface area (Å²) >= 11 is 1.73. The number of nitrogens with one attached hydrogen (secondary N) is 1. The molecule has 1 amide bonds. The maximum absolute atomic E-state index is 12.5. The molecule has 18 heavy (non-hydrogen) atoms. The Bertz CT molecular complexity index is 422. The molecule has 1 aromatic carbocycles. The molecule has 1 aromatic rings. The van der Waals surface area contributed by atoms with Gasteiger partial charge in [0.2, 0.25) is 5.91 Å². The van der Waals surface area contributed by atoms with Crippen molar-refractivity contribution in [3.8, 4) is 0 Å². The number of carbonyl (C=O) groups is 1. The first-order valence-electron chi connectivity index (χ1n) is 6.33. The molecule has 0 fully saturated rings. The topological polar surface area (TPSA) is 32.3 Å². The quantitative estimate of drug-likeness (QED) is 0.907. The smallest absolute Gasteiger partial charge is 0.230 e. The molecule has 0 spiro atoms. The number of hydrogen-bond acceptors (Lipinski definition) is 3. The summed E-state index contributed by atoms with van der Waals surface area (Å²) in [6.45, 7) is 4.47. The van der Waals surface area contributed by atoms with Crippen molar-refractivity contribution in [1.82, 2.24) is 5.32 Å². The minimum atomic E-state index is 0.0751. The van der Waals surface area contributed by atoms with E-state index in [2.05, 4.69) is 11.4 Å². The molecule has 0 saturated heterocycles. The normalized spacial score (nSPS) is 16.9. The van der Waals surface area contributed by atoms with Crippen LogP contribution in [0.5, 0.6) is 0 Å². The Morgan fingerprint density at radius 1 is 1.50 bits per heavy atom. The van der Waals surface area contributed by atoms with E-state index in [1.54, 1.807) is 11.8 Å². The van der Waals surface area contributed by atoms with E-state index < -0.39 is 0 Å². The van der Waals surface area contributed by atoms with E-state index in [1.807, 2.05) is 36.3 Å². The number of carbonyl (C=O) groups excluding carboxylic acids is 1. The highest BCUT2D eigenvalue weighted by Crippen LogP contribution is 2.24. The number of anilines is 1. The van der Waals surface area contributed by atoms with Crippen molar-refractivity contribution in [3.05, 3.63) is 29.8 Å². The molecular weight excluding hydrogens is 244 g/mol. The maximum Gasteiger partial charge on any atom is 0.230 e. The van der Waals surface area contributed by atoms with E-state index in [-0.39, 0.29) is 11.8 Å². The van der Waals surface area contributed by atoms with Crippen molar-refractivity contribution in [2.24, 2.45) is 5.92 Å². The van der Waals surface area contributed by atoms with E-state index in [9.17, 15) is 4.79 Å². The van der Waals surface area contributed by atoms with Gasteiger partial charge in [0.15, 0.2) is 0 Å². The van der Waals surface area contributed by atoms with Crippen LogP contribution in [0.25, 0.3) is 0 Å². The van der Waals surface area contributed by atoms with Gasteiger partial charge in [0.25, 0.3) is 0 Å². The number of para-hydroxylation sites is 1. The predicted octanol–water partition coefficient (Wildman–Crippen LogP) is 2.12. The van der Waals surface area contributed by atoms with Gasteiger partial charge >= 0.3 is 0 Å². The Kier molecular flexibility index (Phi) is 4.66. The van der Waals surface area contributed by atoms with E-state index >= 15 is 0 Å². The number of fused-ring (bicyclic) bond motifs is 1. The summed E-state index contributed by atoms with van der Waals surface area (Å²) in [5.41, 5.74) is 2.28. The van der Waals surface area contributed by atoms with Crippen LogP contribution in [0.4, 0.5) is 5.69 Å². The third-order valence-electron chi connectivity index (χ3n) is 3.21. The van der Waals surface area contributed by atoms with Gasteiger partial charge in [-0.25, -0.2) is 0 Å². The van der Waals surface area contributed by atoms with Crippen molar-refractivity contribution in [2.75, 3.05) is 30.0 Å². The van der Waals surface area contributed by atoms with Gasteiger partial charge in [-0.05, 0) is 17.9 Å². The van der Waals surface area contributed by atoms with E-state index in [0.717, 1.165) is 31.1 Å². The van der Waals surface area contributed by atoms with Gasteiger partial charge in [-0.2, -0.15) is 11.8 Å². The maximum atomic E-state index is 12.5. The van der Waals surface area contributed by atoms with Crippen LogP contribution in [-0.4, -0.2) is 31.0 Å². The fourth-order valence-electron chi connectivity index (χ4n) is 2.27. The average Bonchev–Trinajstić information content (AvgIpc) is 2.60. The lowest BCUT2D eigenvalue weighted by molar-refractivity contribution is -0.121. The standard InChI is InChI=1S/C14H20N2OS/c1-11(10-18-2)14(17)16-8-7-15-9-12-5-3-4-6-13(12)16/h3-6,11,15H,7-10H2,1-2H3. The van der Waals surface area contributed by atoms with Crippen molar-refractivity contribution >= 4 is 23.4 Å². The van der Waals surface area contributed by atoms with Gasteiger partial charge in [0.05, 0.1) is 0 Å². The molecule has 1 aliphatic heterocycles. The Hall–Kier alpha value is -1.00. The number of hydrogen-bond donors (Lipinski definition) is 1. The summed E-state index contributed by atoms with van der Waals surface area (Å²) in [6.07, 6.45) is 2.04. The summed E-state index contributed by atoms with van der Waals surface area (Å²) < 4.78 is 0. The summed E-state index contributed by atoms with van der Waals surface area (Å²) in [4.78, 5) is 14.4.